The van der Waals surface area contributed by atoms with E-state index in [0.29, 0.717) is 13.2 Å². The fourth-order valence-electron chi connectivity index (χ4n) is 2.99. The van der Waals surface area contributed by atoms with Crippen LogP contribution in [0, 0.1) is 11.7 Å². The molecule has 0 unspecified atom stereocenters. The van der Waals surface area contributed by atoms with Crippen LogP contribution in [0.4, 0.5) is 10.1 Å². The van der Waals surface area contributed by atoms with E-state index in [4.69, 9.17) is 4.74 Å². The van der Waals surface area contributed by atoms with Crippen LogP contribution < -0.4 is 15.0 Å². The Morgan fingerprint density at radius 1 is 1.23 bits per heavy atom. The van der Waals surface area contributed by atoms with Gasteiger partial charge in [-0.2, -0.15) is 0 Å². The molecule has 2 aromatic rings. The average Bonchev–Trinajstić information content (AvgIpc) is 3.03. The summed E-state index contributed by atoms with van der Waals surface area (Å²) in [5.41, 5.74) is 1.16. The highest BCUT2D eigenvalue weighted by atomic mass is 19.1. The van der Waals surface area contributed by atoms with Gasteiger partial charge < -0.3 is 15.0 Å². The van der Waals surface area contributed by atoms with Crippen LogP contribution in [0.3, 0.4) is 0 Å². The molecule has 0 radical (unpaired) electrons. The quantitative estimate of drug-likeness (QED) is 0.866. The average molecular weight is 356 g/mol. The normalized spacial score (nSPS) is 16.6. The molecule has 0 aliphatic carbocycles. The predicted octanol–water partition coefficient (Wildman–Crippen LogP) is 2.89. The van der Waals surface area contributed by atoms with Crippen molar-refractivity contribution in [1.29, 1.82) is 0 Å². The van der Waals surface area contributed by atoms with Crippen molar-refractivity contribution in [2.24, 2.45) is 5.92 Å². The number of rotatable bonds is 6. The van der Waals surface area contributed by atoms with Crippen molar-refractivity contribution < 1.29 is 18.7 Å². The van der Waals surface area contributed by atoms with Gasteiger partial charge in [0, 0.05) is 19.5 Å². The summed E-state index contributed by atoms with van der Waals surface area (Å²) in [4.78, 5) is 25.9. The second-order valence-electron chi connectivity index (χ2n) is 6.15. The van der Waals surface area contributed by atoms with Gasteiger partial charge in [-0.3, -0.25) is 9.59 Å². The van der Waals surface area contributed by atoms with Crippen molar-refractivity contribution >= 4 is 17.5 Å². The van der Waals surface area contributed by atoms with Crippen molar-refractivity contribution in [2.75, 3.05) is 18.1 Å². The smallest absolute Gasteiger partial charge is 0.227 e. The molecule has 1 saturated heterocycles. The zero-order valence-corrected chi connectivity index (χ0v) is 14.6. The van der Waals surface area contributed by atoms with Gasteiger partial charge in [0.05, 0.1) is 18.2 Å². The van der Waals surface area contributed by atoms with Gasteiger partial charge in [0.15, 0.2) is 0 Å². The minimum Gasteiger partial charge on any atom is -0.494 e. The Labute approximate surface area is 151 Å². The zero-order chi connectivity index (χ0) is 18.5. The van der Waals surface area contributed by atoms with E-state index in [1.165, 1.54) is 11.0 Å². The fraction of sp³-hybridized carbons (Fsp3) is 0.300. The van der Waals surface area contributed by atoms with Crippen molar-refractivity contribution in [2.45, 2.75) is 19.9 Å². The van der Waals surface area contributed by atoms with Crippen LogP contribution in [0.2, 0.25) is 0 Å². The topological polar surface area (TPSA) is 58.6 Å². The number of para-hydroxylation sites is 1. The molecular weight excluding hydrogens is 335 g/mol. The molecule has 0 saturated carbocycles. The van der Waals surface area contributed by atoms with Gasteiger partial charge in [-0.15, -0.1) is 0 Å². The number of carbonyl (C=O) groups excluding carboxylic acids is 2. The molecule has 136 valence electrons. The van der Waals surface area contributed by atoms with Crippen LogP contribution in [0.25, 0.3) is 0 Å². The number of benzene rings is 2. The van der Waals surface area contributed by atoms with Crippen LogP contribution >= 0.6 is 0 Å². The third-order valence-corrected chi connectivity index (χ3v) is 4.34. The lowest BCUT2D eigenvalue weighted by Gasteiger charge is -2.17. The Morgan fingerprint density at radius 2 is 1.96 bits per heavy atom. The lowest BCUT2D eigenvalue weighted by molar-refractivity contribution is -0.126. The van der Waals surface area contributed by atoms with E-state index in [0.717, 1.165) is 11.3 Å². The Hall–Kier alpha value is -2.89. The first kappa shape index (κ1) is 17.9. The third kappa shape index (κ3) is 4.02. The lowest BCUT2D eigenvalue weighted by Crippen LogP contribution is -2.32. The maximum Gasteiger partial charge on any atom is 0.227 e. The summed E-state index contributed by atoms with van der Waals surface area (Å²) in [6.07, 6.45) is 0.0868. The SMILES string of the molecule is CCOc1ccc(CNC(=O)[C@@H]2CC(=O)N(c3ccccc3F)C2)cc1. The number of halogens is 1. The summed E-state index contributed by atoms with van der Waals surface area (Å²) in [6, 6.07) is 13.6. The molecule has 6 heteroatoms. The van der Waals surface area contributed by atoms with Gasteiger partial charge in [0.25, 0.3) is 0 Å². The molecule has 1 aliphatic rings. The molecule has 1 atom stereocenters. The first-order valence-electron chi connectivity index (χ1n) is 8.63. The van der Waals surface area contributed by atoms with Crippen LogP contribution in [0.1, 0.15) is 18.9 Å². The highest BCUT2D eigenvalue weighted by Gasteiger charge is 2.35. The van der Waals surface area contributed by atoms with Gasteiger partial charge in [-0.25, -0.2) is 4.39 Å². The number of hydrogen-bond donors (Lipinski definition) is 1. The summed E-state index contributed by atoms with van der Waals surface area (Å²) in [5, 5.41) is 2.85. The molecule has 2 amide bonds. The Morgan fingerprint density at radius 3 is 2.65 bits per heavy atom. The lowest BCUT2D eigenvalue weighted by atomic mass is 10.1. The maximum absolute atomic E-state index is 13.9. The molecule has 0 aromatic heterocycles. The number of hydrogen-bond acceptors (Lipinski definition) is 3. The van der Waals surface area contributed by atoms with E-state index in [1.54, 1.807) is 18.2 Å². The van der Waals surface area contributed by atoms with Crippen molar-refractivity contribution in [3.63, 3.8) is 0 Å². The van der Waals surface area contributed by atoms with Crippen LogP contribution in [-0.2, 0) is 16.1 Å². The van der Waals surface area contributed by atoms with Crippen LogP contribution in [-0.4, -0.2) is 25.0 Å². The van der Waals surface area contributed by atoms with E-state index in [1.807, 2.05) is 31.2 Å². The molecule has 1 fully saturated rings. The van der Waals surface area contributed by atoms with Crippen molar-refractivity contribution in [1.82, 2.24) is 5.32 Å². The van der Waals surface area contributed by atoms with E-state index >= 15 is 0 Å². The molecule has 3 rings (SSSR count). The maximum atomic E-state index is 13.9. The van der Waals surface area contributed by atoms with E-state index in [9.17, 15) is 14.0 Å². The monoisotopic (exact) mass is 356 g/mol. The summed E-state index contributed by atoms with van der Waals surface area (Å²) >= 11 is 0. The highest BCUT2D eigenvalue weighted by Crippen LogP contribution is 2.27. The highest BCUT2D eigenvalue weighted by molar-refractivity contribution is 6.00. The van der Waals surface area contributed by atoms with Gasteiger partial charge in [-0.05, 0) is 36.8 Å². The van der Waals surface area contributed by atoms with E-state index in [-0.39, 0.29) is 30.5 Å². The molecule has 0 spiro atoms. The van der Waals surface area contributed by atoms with E-state index in [2.05, 4.69) is 5.32 Å². The molecule has 5 nitrogen and oxygen atoms in total. The van der Waals surface area contributed by atoms with Crippen molar-refractivity contribution in [3.8, 4) is 5.75 Å². The molecule has 0 bridgehead atoms. The fourth-order valence-corrected chi connectivity index (χ4v) is 2.99. The number of carbonyl (C=O) groups is 2. The van der Waals surface area contributed by atoms with Crippen LogP contribution in [0.15, 0.2) is 48.5 Å². The first-order chi connectivity index (χ1) is 12.6. The molecule has 2 aromatic carbocycles. The molecule has 26 heavy (non-hydrogen) atoms. The summed E-state index contributed by atoms with van der Waals surface area (Å²) in [5.74, 6) is -0.604. The molecule has 1 heterocycles. The molecule has 1 aliphatic heterocycles. The van der Waals surface area contributed by atoms with Gasteiger partial charge in [-0.1, -0.05) is 24.3 Å². The standard InChI is InChI=1S/C20H21FN2O3/c1-2-26-16-9-7-14(8-10-16)12-22-20(25)15-11-19(24)23(13-15)18-6-4-3-5-17(18)21/h3-10,15H,2,11-13H2,1H3,(H,22,25)/t15-/m1/s1. The summed E-state index contributed by atoms with van der Waals surface area (Å²) < 4.78 is 19.3. The third-order valence-electron chi connectivity index (χ3n) is 4.34. The molecule has 1 N–H and O–H groups in total. The molecular formula is C20H21FN2O3. The van der Waals surface area contributed by atoms with E-state index < -0.39 is 11.7 Å². The first-order valence-corrected chi connectivity index (χ1v) is 8.63. The number of nitrogens with one attached hydrogen (secondary N) is 1. The second-order valence-corrected chi connectivity index (χ2v) is 6.15. The minimum absolute atomic E-state index is 0.0868. The predicted molar refractivity (Wildman–Crippen MR) is 96.3 cm³/mol. The Bertz CT molecular complexity index is 792. The number of nitrogens with zero attached hydrogens (tertiary/aromatic N) is 1. The second kappa shape index (κ2) is 7.99. The van der Waals surface area contributed by atoms with Gasteiger partial charge >= 0.3 is 0 Å². The number of anilines is 1. The number of ether oxygens (including phenoxy) is 1. The number of amides is 2. The van der Waals surface area contributed by atoms with Gasteiger partial charge in [0.1, 0.15) is 11.6 Å². The summed E-state index contributed by atoms with van der Waals surface area (Å²) in [6.45, 7) is 3.08. The van der Waals surface area contributed by atoms with Crippen LogP contribution in [0.5, 0.6) is 5.75 Å². The zero-order valence-electron chi connectivity index (χ0n) is 14.6. The largest absolute Gasteiger partial charge is 0.494 e. The van der Waals surface area contributed by atoms with Gasteiger partial charge in [0.2, 0.25) is 11.8 Å². The summed E-state index contributed by atoms with van der Waals surface area (Å²) in [7, 11) is 0. The Kier molecular flexibility index (Phi) is 5.51. The minimum atomic E-state index is -0.482. The Balaban J connectivity index is 1.57. The van der Waals surface area contributed by atoms with Crippen molar-refractivity contribution in [3.05, 3.63) is 59.9 Å².